The molecule has 254 valence electrons. The van der Waals surface area contributed by atoms with E-state index in [2.05, 4.69) is 162 Å². The van der Waals surface area contributed by atoms with E-state index in [9.17, 15) is 0 Å². The van der Waals surface area contributed by atoms with E-state index in [1.807, 2.05) is 0 Å². The molecule has 0 saturated heterocycles. The van der Waals surface area contributed by atoms with Crippen LogP contribution in [-0.4, -0.2) is 6.88 Å². The van der Waals surface area contributed by atoms with Gasteiger partial charge in [-0.1, -0.05) is 0 Å². The fourth-order valence-electron chi connectivity index (χ4n) is 8.80. The van der Waals surface area contributed by atoms with Gasteiger partial charge in [0, 0.05) is 0 Å². The summed E-state index contributed by atoms with van der Waals surface area (Å²) in [4.78, 5) is 0. The summed E-state index contributed by atoms with van der Waals surface area (Å²) in [5.41, 5.74) is 17.8. The molecule has 4 aromatic rings. The third kappa shape index (κ3) is 6.74. The Hall–Kier alpha value is -1.96. The van der Waals surface area contributed by atoms with Crippen LogP contribution in [0.1, 0.15) is 114 Å². The van der Waals surface area contributed by atoms with E-state index >= 15 is 0 Å². The minimum Gasteiger partial charge on any atom is -0.147 e. The Balaban J connectivity index is 0.00000260. The van der Waals surface area contributed by atoms with Gasteiger partial charge >= 0.3 is 284 Å². The standard InChI is InChI=1S/C22H25.C20H21.2CH3.2ClH.H2Si.Zr/c1-5-16(4)20-13-19-7-6-8-21(22(19)14-20)18-11-9-17(10-12-18)15(2)3;1-4-15-12-18-6-5-7-19(20(18)13-15)17-10-8-16(9-11-17)14(2)3;;;;;;/h6-16H,5H2,1-4H3;5-14H,4H2,1-3H3;2*1H3;2*1H;1H2;. The van der Waals surface area contributed by atoms with Gasteiger partial charge in [-0.25, -0.2) is 0 Å². The van der Waals surface area contributed by atoms with Gasteiger partial charge < -0.3 is 0 Å². The molecule has 0 saturated carbocycles. The van der Waals surface area contributed by atoms with Crippen LogP contribution >= 0.6 is 24.8 Å². The maximum Gasteiger partial charge on any atom is -0.147 e. The van der Waals surface area contributed by atoms with Gasteiger partial charge in [0.15, 0.2) is 0 Å². The molecule has 3 unspecified atom stereocenters. The number of benzene rings is 4. The van der Waals surface area contributed by atoms with E-state index in [0.29, 0.717) is 25.0 Å². The molecule has 2 aliphatic rings. The summed E-state index contributed by atoms with van der Waals surface area (Å²) in [5.74, 6) is 1.65. The van der Waals surface area contributed by atoms with Crippen molar-refractivity contribution >= 4 is 43.8 Å². The van der Waals surface area contributed by atoms with Crippen LogP contribution in [0.4, 0.5) is 0 Å². The molecule has 0 nitrogen and oxygen atoms in total. The van der Waals surface area contributed by atoms with Crippen molar-refractivity contribution in [1.29, 1.82) is 0 Å². The zero-order valence-electron chi connectivity index (χ0n) is 30.6. The average molecular weight is 775 g/mol. The smallest absolute Gasteiger partial charge is 0.147 e. The molecule has 6 rings (SSSR count). The first kappa shape index (κ1) is 38.8. The minimum absolute atomic E-state index is 0. The van der Waals surface area contributed by atoms with Gasteiger partial charge in [-0.15, -0.1) is 24.8 Å². The second-order valence-corrected chi connectivity index (χ2v) is 46.5. The fourth-order valence-corrected chi connectivity index (χ4v) is 28.7. The summed E-state index contributed by atoms with van der Waals surface area (Å²) in [6, 6.07) is 33.1. The van der Waals surface area contributed by atoms with E-state index in [-0.39, 0.29) is 24.8 Å². The van der Waals surface area contributed by atoms with Crippen LogP contribution in [0.2, 0.25) is 9.26 Å². The van der Waals surface area contributed by atoms with Gasteiger partial charge in [-0.2, -0.15) is 0 Å². The molecule has 3 atom stereocenters. The van der Waals surface area contributed by atoms with Gasteiger partial charge in [0.2, 0.25) is 0 Å². The molecule has 0 radical (unpaired) electrons. The van der Waals surface area contributed by atoms with Crippen LogP contribution in [0, 0.1) is 5.92 Å². The van der Waals surface area contributed by atoms with Crippen molar-refractivity contribution in [2.45, 2.75) is 89.7 Å². The van der Waals surface area contributed by atoms with Gasteiger partial charge in [0.05, 0.1) is 0 Å². The van der Waals surface area contributed by atoms with Crippen molar-refractivity contribution in [3.8, 4) is 22.3 Å². The predicted octanol–water partition coefficient (Wildman–Crippen LogP) is 13.5. The van der Waals surface area contributed by atoms with E-state index in [1.54, 1.807) is 22.3 Å². The first-order valence-electron chi connectivity index (χ1n) is 17.8. The van der Waals surface area contributed by atoms with Crippen molar-refractivity contribution in [1.82, 2.24) is 0 Å². The van der Waals surface area contributed by atoms with Crippen molar-refractivity contribution in [2.24, 2.45) is 5.92 Å². The van der Waals surface area contributed by atoms with Crippen molar-refractivity contribution < 1.29 is 17.4 Å². The SMILES string of the molecule is CCC1=Cc2c(-c3ccc(C(C)C)cc3)cccc2[CH]1[Zr]([CH3])([CH3])(=[SiH2])[CH]1C(C(C)CC)=Cc2c(-c3ccc(C(C)C)cc3)cccc21.Cl.Cl. The molecular formula is C44H56Cl2SiZr. The Labute approximate surface area is 306 Å². The summed E-state index contributed by atoms with van der Waals surface area (Å²) in [6.07, 6.45) is 7.54. The zero-order valence-corrected chi connectivity index (χ0v) is 36.1. The topological polar surface area (TPSA) is 0 Å². The minimum atomic E-state index is -3.70. The summed E-state index contributed by atoms with van der Waals surface area (Å²) < 4.78 is 6.66. The van der Waals surface area contributed by atoms with Crippen LogP contribution in [0.5, 0.6) is 0 Å². The largest absolute Gasteiger partial charge is 0.147 e. The summed E-state index contributed by atoms with van der Waals surface area (Å²) in [7, 11) is 0. The Kier molecular flexibility index (Phi) is 11.9. The van der Waals surface area contributed by atoms with Crippen LogP contribution in [0.25, 0.3) is 34.4 Å². The molecule has 0 aliphatic heterocycles. The van der Waals surface area contributed by atoms with Crippen LogP contribution < -0.4 is 0 Å². The van der Waals surface area contributed by atoms with Crippen molar-refractivity contribution in [3.63, 3.8) is 0 Å². The van der Waals surface area contributed by atoms with Gasteiger partial charge in [0.1, 0.15) is 0 Å². The predicted molar refractivity (Wildman–Crippen MR) is 218 cm³/mol. The number of halogens is 2. The van der Waals surface area contributed by atoms with E-state index < -0.39 is 17.4 Å². The normalized spacial score (nSPS) is 17.7. The average Bonchev–Trinajstić information content (AvgIpc) is 3.65. The van der Waals surface area contributed by atoms with Gasteiger partial charge in [0.25, 0.3) is 0 Å². The van der Waals surface area contributed by atoms with E-state index in [0.717, 1.165) is 6.42 Å². The Morgan fingerprint density at radius 3 is 1.46 bits per heavy atom. The molecular weight excluding hydrogens is 719 g/mol. The van der Waals surface area contributed by atoms with E-state index in [4.69, 9.17) is 0 Å². The maximum absolute atomic E-state index is 3.70. The molecule has 0 spiro atoms. The third-order valence-corrected chi connectivity index (χ3v) is 28.9. The molecule has 0 aromatic heterocycles. The second kappa shape index (κ2) is 14.7. The quantitative estimate of drug-likeness (QED) is 0.149. The van der Waals surface area contributed by atoms with Crippen molar-refractivity contribution in [2.75, 3.05) is 0 Å². The molecule has 0 heterocycles. The number of hydrogen-bond acceptors (Lipinski definition) is 0. The molecule has 4 heteroatoms. The molecule has 0 amide bonds. The van der Waals surface area contributed by atoms with Crippen molar-refractivity contribution in [3.05, 3.63) is 129 Å². The summed E-state index contributed by atoms with van der Waals surface area (Å²) in [6.45, 7) is 18.9. The van der Waals surface area contributed by atoms with Gasteiger partial charge in [-0.3, -0.25) is 0 Å². The number of allylic oxidation sites excluding steroid dienone is 2. The molecule has 48 heavy (non-hydrogen) atoms. The molecule has 0 N–H and O–H groups in total. The first-order valence-corrected chi connectivity index (χ1v) is 31.5. The molecule has 0 fully saturated rings. The molecule has 2 aliphatic carbocycles. The fraction of sp³-hybridized carbons (Fsp3) is 0.364. The third-order valence-electron chi connectivity index (χ3n) is 11.5. The molecule has 4 aromatic carbocycles. The first-order chi connectivity index (χ1) is 21.8. The number of fused-ring (bicyclic) bond motifs is 2. The Morgan fingerprint density at radius 2 is 1.04 bits per heavy atom. The number of hydrogen-bond donors (Lipinski definition) is 0. The summed E-state index contributed by atoms with van der Waals surface area (Å²) in [5, 5.41) is 0. The monoisotopic (exact) mass is 772 g/mol. The second-order valence-electron chi connectivity index (χ2n) is 16.0. The summed E-state index contributed by atoms with van der Waals surface area (Å²) >= 11 is -3.70. The maximum atomic E-state index is 2.80. The number of rotatable bonds is 9. The van der Waals surface area contributed by atoms with Crippen LogP contribution in [0.3, 0.4) is 0 Å². The van der Waals surface area contributed by atoms with Gasteiger partial charge in [-0.05, 0) is 0 Å². The molecule has 0 bridgehead atoms. The Morgan fingerprint density at radius 1 is 0.604 bits per heavy atom. The Bertz CT molecular complexity index is 1900. The zero-order chi connectivity index (χ0) is 33.0. The van der Waals surface area contributed by atoms with Crippen LogP contribution in [-0.2, 0) is 17.4 Å². The van der Waals surface area contributed by atoms with Crippen LogP contribution in [0.15, 0.2) is 96.1 Å². The van der Waals surface area contributed by atoms with E-state index in [1.165, 1.54) is 50.9 Å².